The van der Waals surface area contributed by atoms with Crippen molar-refractivity contribution in [3.8, 4) is 0 Å². The van der Waals surface area contributed by atoms with E-state index in [4.69, 9.17) is 4.74 Å². The van der Waals surface area contributed by atoms with Crippen LogP contribution in [-0.4, -0.2) is 48.3 Å². The number of hydrogen-bond donors (Lipinski definition) is 1. The Bertz CT molecular complexity index is 206. The molecule has 1 saturated heterocycles. The number of aliphatic hydroxyl groups excluding tert-OH is 1. The molecule has 88 valence electrons. The maximum absolute atomic E-state index is 11.7. The Balaban J connectivity index is 2.52. The maximum Gasteiger partial charge on any atom is 0.248 e. The van der Waals surface area contributed by atoms with Gasteiger partial charge in [-0.3, -0.25) is 4.79 Å². The van der Waals surface area contributed by atoms with E-state index in [0.717, 1.165) is 25.8 Å². The summed E-state index contributed by atoms with van der Waals surface area (Å²) in [6.07, 6.45) is 3.54. The number of methoxy groups -OCH3 is 1. The highest BCUT2D eigenvalue weighted by Gasteiger charge is 2.27. The van der Waals surface area contributed by atoms with Crippen molar-refractivity contribution in [1.29, 1.82) is 0 Å². The molecule has 0 bridgehead atoms. The number of aliphatic hydroxyl groups is 1. The van der Waals surface area contributed by atoms with E-state index in [1.165, 1.54) is 7.11 Å². The first-order valence-corrected chi connectivity index (χ1v) is 5.61. The predicted molar refractivity (Wildman–Crippen MR) is 57.5 cm³/mol. The zero-order valence-electron chi connectivity index (χ0n) is 9.61. The summed E-state index contributed by atoms with van der Waals surface area (Å²) in [5.74, 6) is 0.0443. The van der Waals surface area contributed by atoms with Gasteiger partial charge in [-0.15, -0.1) is 0 Å². The Kier molecular flexibility index (Phi) is 5.05. The number of likely N-dealkylation sites (tertiary alicyclic amines) is 1. The van der Waals surface area contributed by atoms with Crippen molar-refractivity contribution in [2.45, 2.75) is 44.8 Å². The molecule has 1 aliphatic heterocycles. The summed E-state index contributed by atoms with van der Waals surface area (Å²) in [4.78, 5) is 13.6. The predicted octanol–water partition coefficient (Wildman–Crippen LogP) is 0.785. The normalized spacial score (nSPS) is 23.9. The minimum Gasteiger partial charge on any atom is -0.393 e. The van der Waals surface area contributed by atoms with Gasteiger partial charge in [0, 0.05) is 19.7 Å². The third-order valence-electron chi connectivity index (χ3n) is 2.83. The first-order valence-electron chi connectivity index (χ1n) is 5.61. The first-order chi connectivity index (χ1) is 7.15. The average Bonchev–Trinajstić information content (AvgIpc) is 2.18. The van der Waals surface area contributed by atoms with Crippen molar-refractivity contribution >= 4 is 5.91 Å². The van der Waals surface area contributed by atoms with Crippen LogP contribution in [0.4, 0.5) is 0 Å². The van der Waals surface area contributed by atoms with E-state index >= 15 is 0 Å². The number of nitrogens with zero attached hydrogens (tertiary/aromatic N) is 1. The van der Waals surface area contributed by atoms with Gasteiger partial charge in [-0.1, -0.05) is 0 Å². The monoisotopic (exact) mass is 215 g/mol. The summed E-state index contributed by atoms with van der Waals surface area (Å²) < 4.78 is 4.86. The van der Waals surface area contributed by atoms with E-state index in [-0.39, 0.29) is 24.7 Å². The molecule has 0 aromatic rings. The van der Waals surface area contributed by atoms with Crippen LogP contribution < -0.4 is 0 Å². The van der Waals surface area contributed by atoms with E-state index in [1.54, 1.807) is 6.92 Å². The van der Waals surface area contributed by atoms with Gasteiger partial charge in [0.15, 0.2) is 0 Å². The standard InChI is InChI=1S/C11H21NO3/c1-9(13)7-10-5-3-4-6-12(10)11(14)8-15-2/h9-10,13H,3-8H2,1-2H3. The number of carbonyl (C=O) groups is 1. The smallest absolute Gasteiger partial charge is 0.248 e. The molecule has 0 aromatic carbocycles. The zero-order chi connectivity index (χ0) is 11.3. The lowest BCUT2D eigenvalue weighted by atomic mass is 9.97. The molecule has 0 saturated carbocycles. The van der Waals surface area contributed by atoms with E-state index in [2.05, 4.69) is 0 Å². The Morgan fingerprint density at radius 1 is 1.60 bits per heavy atom. The molecule has 2 unspecified atom stereocenters. The summed E-state index contributed by atoms with van der Waals surface area (Å²) in [5.41, 5.74) is 0. The molecule has 1 aliphatic rings. The fourth-order valence-corrected chi connectivity index (χ4v) is 2.17. The number of amides is 1. The Morgan fingerprint density at radius 2 is 2.33 bits per heavy atom. The van der Waals surface area contributed by atoms with Crippen LogP contribution in [0.25, 0.3) is 0 Å². The highest BCUT2D eigenvalue weighted by Crippen LogP contribution is 2.21. The molecule has 0 aliphatic carbocycles. The fourth-order valence-electron chi connectivity index (χ4n) is 2.17. The largest absolute Gasteiger partial charge is 0.393 e. The van der Waals surface area contributed by atoms with Crippen LogP contribution in [0.2, 0.25) is 0 Å². The van der Waals surface area contributed by atoms with Crippen LogP contribution in [0.1, 0.15) is 32.6 Å². The van der Waals surface area contributed by atoms with Gasteiger partial charge in [0.05, 0.1) is 6.10 Å². The van der Waals surface area contributed by atoms with Gasteiger partial charge in [-0.2, -0.15) is 0 Å². The molecular formula is C11H21NO3. The van der Waals surface area contributed by atoms with Crippen molar-refractivity contribution < 1.29 is 14.6 Å². The van der Waals surface area contributed by atoms with Gasteiger partial charge in [0.2, 0.25) is 5.91 Å². The van der Waals surface area contributed by atoms with Gasteiger partial charge >= 0.3 is 0 Å². The Hall–Kier alpha value is -0.610. The van der Waals surface area contributed by atoms with Gasteiger partial charge in [-0.25, -0.2) is 0 Å². The molecule has 1 N–H and O–H groups in total. The minimum atomic E-state index is -0.342. The van der Waals surface area contributed by atoms with E-state index in [9.17, 15) is 9.90 Å². The molecule has 2 atom stereocenters. The molecule has 1 heterocycles. The third-order valence-corrected chi connectivity index (χ3v) is 2.83. The minimum absolute atomic E-state index is 0.0443. The number of rotatable bonds is 4. The van der Waals surface area contributed by atoms with Gasteiger partial charge < -0.3 is 14.7 Å². The fraction of sp³-hybridized carbons (Fsp3) is 0.909. The lowest BCUT2D eigenvalue weighted by molar-refractivity contribution is -0.139. The summed E-state index contributed by atoms with van der Waals surface area (Å²) in [5, 5.41) is 9.36. The molecule has 15 heavy (non-hydrogen) atoms. The van der Waals surface area contributed by atoms with Crippen LogP contribution in [-0.2, 0) is 9.53 Å². The topological polar surface area (TPSA) is 49.8 Å². The number of carbonyl (C=O) groups excluding carboxylic acids is 1. The lowest BCUT2D eigenvalue weighted by Gasteiger charge is -2.36. The maximum atomic E-state index is 11.7. The van der Waals surface area contributed by atoms with E-state index in [0.29, 0.717) is 6.42 Å². The van der Waals surface area contributed by atoms with Gasteiger partial charge in [0.1, 0.15) is 6.61 Å². The van der Waals surface area contributed by atoms with Crippen LogP contribution in [0, 0.1) is 0 Å². The quantitative estimate of drug-likeness (QED) is 0.754. The molecule has 1 rings (SSSR count). The first kappa shape index (κ1) is 12.5. The number of piperidine rings is 1. The molecule has 0 spiro atoms. The van der Waals surface area contributed by atoms with Crippen LogP contribution in [0.15, 0.2) is 0 Å². The van der Waals surface area contributed by atoms with Crippen LogP contribution in [0.5, 0.6) is 0 Å². The molecule has 1 amide bonds. The van der Waals surface area contributed by atoms with Crippen molar-refractivity contribution in [3.63, 3.8) is 0 Å². The van der Waals surface area contributed by atoms with Crippen LogP contribution in [0.3, 0.4) is 0 Å². The van der Waals surface area contributed by atoms with Crippen molar-refractivity contribution in [1.82, 2.24) is 4.90 Å². The molecular weight excluding hydrogens is 194 g/mol. The van der Waals surface area contributed by atoms with Crippen molar-refractivity contribution in [3.05, 3.63) is 0 Å². The summed E-state index contributed by atoms with van der Waals surface area (Å²) in [6, 6.07) is 0.196. The van der Waals surface area contributed by atoms with Crippen LogP contribution >= 0.6 is 0 Å². The highest BCUT2D eigenvalue weighted by atomic mass is 16.5. The molecule has 1 fully saturated rings. The van der Waals surface area contributed by atoms with Crippen molar-refractivity contribution in [2.75, 3.05) is 20.3 Å². The molecule has 4 heteroatoms. The van der Waals surface area contributed by atoms with E-state index < -0.39 is 0 Å². The summed E-state index contributed by atoms with van der Waals surface area (Å²) in [7, 11) is 1.53. The number of ether oxygens (including phenoxy) is 1. The average molecular weight is 215 g/mol. The third kappa shape index (κ3) is 3.80. The second-order valence-electron chi connectivity index (χ2n) is 4.25. The molecule has 0 radical (unpaired) electrons. The van der Waals surface area contributed by atoms with Gasteiger partial charge in [0.25, 0.3) is 0 Å². The van der Waals surface area contributed by atoms with Crippen molar-refractivity contribution in [2.24, 2.45) is 0 Å². The van der Waals surface area contributed by atoms with Gasteiger partial charge in [-0.05, 0) is 32.6 Å². The Labute approximate surface area is 91.2 Å². The molecule has 4 nitrogen and oxygen atoms in total. The second-order valence-corrected chi connectivity index (χ2v) is 4.25. The summed E-state index contributed by atoms with van der Waals surface area (Å²) in [6.45, 7) is 2.73. The highest BCUT2D eigenvalue weighted by molar-refractivity contribution is 5.77. The summed E-state index contributed by atoms with van der Waals surface area (Å²) >= 11 is 0. The zero-order valence-corrected chi connectivity index (χ0v) is 9.61. The molecule has 0 aromatic heterocycles. The Morgan fingerprint density at radius 3 is 2.93 bits per heavy atom. The lowest BCUT2D eigenvalue weighted by Crippen LogP contribution is -2.46. The van der Waals surface area contributed by atoms with E-state index in [1.807, 2.05) is 4.90 Å². The SMILES string of the molecule is COCC(=O)N1CCCCC1CC(C)O. The number of hydrogen-bond acceptors (Lipinski definition) is 3. The second kappa shape index (κ2) is 6.08.